The molecule has 2 nitrogen and oxygen atoms in total. The lowest BCUT2D eigenvalue weighted by atomic mass is 9.94. The Kier molecular flexibility index (Phi) is 5.69. The highest BCUT2D eigenvalue weighted by molar-refractivity contribution is 5.52. The molecule has 21 heavy (non-hydrogen) atoms. The molecule has 1 aliphatic rings. The number of anilines is 1. The zero-order valence-corrected chi connectivity index (χ0v) is 14.5. The van der Waals surface area contributed by atoms with Crippen molar-refractivity contribution in [2.24, 2.45) is 0 Å². The Hall–Kier alpha value is -1.02. The molecule has 0 spiro atoms. The average molecular weight is 288 g/mol. The molecule has 1 unspecified atom stereocenters. The fourth-order valence-corrected chi connectivity index (χ4v) is 3.48. The Bertz CT molecular complexity index is 453. The van der Waals surface area contributed by atoms with E-state index >= 15 is 0 Å². The minimum absolute atomic E-state index is 0.620. The Morgan fingerprint density at radius 2 is 1.95 bits per heavy atom. The lowest BCUT2D eigenvalue weighted by molar-refractivity contribution is 0.207. The molecule has 0 radical (unpaired) electrons. The topological polar surface area (TPSA) is 6.48 Å². The zero-order chi connectivity index (χ0) is 15.4. The summed E-state index contributed by atoms with van der Waals surface area (Å²) in [5, 5.41) is 0. The number of nitrogens with zero attached hydrogens (tertiary/aromatic N) is 2. The first kappa shape index (κ1) is 16.4. The van der Waals surface area contributed by atoms with Crippen LogP contribution in [0.4, 0.5) is 5.69 Å². The number of hydrogen-bond donors (Lipinski definition) is 0. The van der Waals surface area contributed by atoms with Crippen molar-refractivity contribution in [3.8, 4) is 0 Å². The van der Waals surface area contributed by atoms with Gasteiger partial charge in [0.1, 0.15) is 0 Å². The predicted octanol–water partition coefficient (Wildman–Crippen LogP) is 4.29. The van der Waals surface area contributed by atoms with Crippen LogP contribution in [0.1, 0.15) is 57.6 Å². The summed E-state index contributed by atoms with van der Waals surface area (Å²) in [6, 6.07) is 7.83. The van der Waals surface area contributed by atoms with Gasteiger partial charge in [0.25, 0.3) is 0 Å². The Labute approximate surface area is 131 Å². The van der Waals surface area contributed by atoms with Crippen molar-refractivity contribution < 1.29 is 0 Å². The molecule has 1 atom stereocenters. The van der Waals surface area contributed by atoms with Crippen LogP contribution in [0.5, 0.6) is 0 Å². The SMILES string of the molecule is CCCC1CN(c2ccc(C(C)C)c(CC)c2)CCN1C. The second-order valence-electron chi connectivity index (χ2n) is 6.76. The summed E-state index contributed by atoms with van der Waals surface area (Å²) >= 11 is 0. The van der Waals surface area contributed by atoms with E-state index in [2.05, 4.69) is 62.7 Å². The summed E-state index contributed by atoms with van der Waals surface area (Å²) in [6.45, 7) is 12.7. The molecule has 0 N–H and O–H groups in total. The van der Waals surface area contributed by atoms with E-state index in [1.807, 2.05) is 0 Å². The fourth-order valence-electron chi connectivity index (χ4n) is 3.48. The first-order valence-corrected chi connectivity index (χ1v) is 8.64. The molecule has 2 rings (SSSR count). The fraction of sp³-hybridized carbons (Fsp3) is 0.684. The Morgan fingerprint density at radius 3 is 2.57 bits per heavy atom. The molecular weight excluding hydrogens is 256 g/mol. The van der Waals surface area contributed by atoms with Gasteiger partial charge in [0.2, 0.25) is 0 Å². The van der Waals surface area contributed by atoms with E-state index in [1.54, 1.807) is 0 Å². The summed E-state index contributed by atoms with van der Waals surface area (Å²) in [5.41, 5.74) is 4.46. The molecule has 0 bridgehead atoms. The third kappa shape index (κ3) is 3.79. The lowest BCUT2D eigenvalue weighted by Gasteiger charge is -2.41. The van der Waals surface area contributed by atoms with Crippen LogP contribution in [0.25, 0.3) is 0 Å². The van der Waals surface area contributed by atoms with E-state index < -0.39 is 0 Å². The van der Waals surface area contributed by atoms with Crippen LogP contribution in [-0.2, 0) is 6.42 Å². The van der Waals surface area contributed by atoms with Crippen LogP contribution in [0.3, 0.4) is 0 Å². The van der Waals surface area contributed by atoms with Gasteiger partial charge >= 0.3 is 0 Å². The molecule has 2 heteroatoms. The van der Waals surface area contributed by atoms with Gasteiger partial charge in [0.05, 0.1) is 0 Å². The molecule has 118 valence electrons. The van der Waals surface area contributed by atoms with Crippen molar-refractivity contribution in [1.29, 1.82) is 0 Å². The number of benzene rings is 1. The number of aryl methyl sites for hydroxylation is 1. The van der Waals surface area contributed by atoms with E-state index in [1.165, 1.54) is 42.7 Å². The van der Waals surface area contributed by atoms with Gasteiger partial charge in [0.15, 0.2) is 0 Å². The monoisotopic (exact) mass is 288 g/mol. The van der Waals surface area contributed by atoms with E-state index in [0.717, 1.165) is 13.0 Å². The number of likely N-dealkylation sites (N-methyl/N-ethyl adjacent to an activating group) is 1. The van der Waals surface area contributed by atoms with E-state index in [-0.39, 0.29) is 0 Å². The molecular formula is C19H32N2. The number of hydrogen-bond acceptors (Lipinski definition) is 2. The minimum Gasteiger partial charge on any atom is -0.369 e. The number of rotatable bonds is 5. The zero-order valence-electron chi connectivity index (χ0n) is 14.5. The second-order valence-corrected chi connectivity index (χ2v) is 6.76. The molecule has 1 saturated heterocycles. The third-order valence-corrected chi connectivity index (χ3v) is 4.89. The van der Waals surface area contributed by atoms with Crippen LogP contribution < -0.4 is 4.90 Å². The minimum atomic E-state index is 0.620. The second kappa shape index (κ2) is 7.31. The quantitative estimate of drug-likeness (QED) is 0.797. The maximum absolute atomic E-state index is 2.59. The van der Waals surface area contributed by atoms with Crippen LogP contribution in [0.2, 0.25) is 0 Å². The maximum atomic E-state index is 2.59. The van der Waals surface area contributed by atoms with Gasteiger partial charge in [-0.1, -0.05) is 40.2 Å². The molecule has 0 aromatic heterocycles. The van der Waals surface area contributed by atoms with E-state index in [0.29, 0.717) is 12.0 Å². The Morgan fingerprint density at radius 1 is 1.19 bits per heavy atom. The summed E-state index contributed by atoms with van der Waals surface area (Å²) in [5.74, 6) is 0.620. The third-order valence-electron chi connectivity index (χ3n) is 4.89. The van der Waals surface area contributed by atoms with Gasteiger partial charge in [-0.15, -0.1) is 0 Å². The average Bonchev–Trinajstić information content (AvgIpc) is 2.49. The van der Waals surface area contributed by atoms with Crippen LogP contribution in [-0.4, -0.2) is 37.6 Å². The molecule has 1 aromatic rings. The van der Waals surface area contributed by atoms with Gasteiger partial charge < -0.3 is 4.90 Å². The molecule has 0 saturated carbocycles. The summed E-state index contributed by atoms with van der Waals surface area (Å²) in [4.78, 5) is 5.12. The molecule has 1 aromatic carbocycles. The smallest absolute Gasteiger partial charge is 0.0370 e. The van der Waals surface area contributed by atoms with Crippen molar-refractivity contribution in [3.63, 3.8) is 0 Å². The van der Waals surface area contributed by atoms with E-state index in [4.69, 9.17) is 0 Å². The summed E-state index contributed by atoms with van der Waals surface area (Å²) in [7, 11) is 2.27. The van der Waals surface area contributed by atoms with Crippen molar-refractivity contribution in [3.05, 3.63) is 29.3 Å². The highest BCUT2D eigenvalue weighted by Crippen LogP contribution is 2.27. The van der Waals surface area contributed by atoms with Crippen LogP contribution >= 0.6 is 0 Å². The predicted molar refractivity (Wildman–Crippen MR) is 93.4 cm³/mol. The van der Waals surface area contributed by atoms with Crippen LogP contribution in [0, 0.1) is 0 Å². The van der Waals surface area contributed by atoms with Crippen LogP contribution in [0.15, 0.2) is 18.2 Å². The summed E-state index contributed by atoms with van der Waals surface area (Å²) < 4.78 is 0. The molecule has 1 fully saturated rings. The van der Waals surface area contributed by atoms with E-state index in [9.17, 15) is 0 Å². The van der Waals surface area contributed by atoms with Gasteiger partial charge in [-0.3, -0.25) is 4.90 Å². The highest BCUT2D eigenvalue weighted by Gasteiger charge is 2.24. The van der Waals surface area contributed by atoms with Crippen molar-refractivity contribution in [2.45, 2.75) is 58.9 Å². The summed E-state index contributed by atoms with van der Waals surface area (Å²) in [6.07, 6.45) is 3.71. The first-order valence-electron chi connectivity index (χ1n) is 8.64. The standard InChI is InChI=1S/C19H32N2/c1-6-8-18-14-21(12-11-20(18)5)17-9-10-19(15(3)4)16(7-2)13-17/h9-10,13,15,18H,6-8,11-12,14H2,1-5H3. The lowest BCUT2D eigenvalue weighted by Crippen LogP contribution is -2.51. The van der Waals surface area contributed by atoms with Gasteiger partial charge in [0, 0.05) is 31.4 Å². The molecule has 0 aliphatic carbocycles. The van der Waals surface area contributed by atoms with Crippen molar-refractivity contribution in [2.75, 3.05) is 31.6 Å². The Balaban J connectivity index is 2.18. The number of piperazine rings is 1. The normalized spacial score (nSPS) is 20.3. The molecule has 0 amide bonds. The first-order chi connectivity index (χ1) is 10.1. The van der Waals surface area contributed by atoms with Crippen molar-refractivity contribution in [1.82, 2.24) is 4.90 Å². The molecule has 1 heterocycles. The largest absolute Gasteiger partial charge is 0.369 e. The van der Waals surface area contributed by atoms with Gasteiger partial charge in [-0.05, 0) is 49.1 Å². The van der Waals surface area contributed by atoms with Crippen molar-refractivity contribution >= 4 is 5.69 Å². The maximum Gasteiger partial charge on any atom is 0.0370 e. The van der Waals surface area contributed by atoms with Gasteiger partial charge in [-0.2, -0.15) is 0 Å². The van der Waals surface area contributed by atoms with Gasteiger partial charge in [-0.25, -0.2) is 0 Å². The molecule has 1 aliphatic heterocycles. The highest BCUT2D eigenvalue weighted by atomic mass is 15.3.